The summed E-state index contributed by atoms with van der Waals surface area (Å²) in [6.45, 7) is 10.1. The first kappa shape index (κ1) is 14.3. The second-order valence-electron chi connectivity index (χ2n) is 6.38. The molecule has 0 aliphatic carbocycles. The summed E-state index contributed by atoms with van der Waals surface area (Å²) < 4.78 is 0. The van der Waals surface area contributed by atoms with Gasteiger partial charge in [0, 0.05) is 0 Å². The molecular formula is C15H30P2. The fourth-order valence-electron chi connectivity index (χ4n) is 3.84. The first-order valence-electron chi connectivity index (χ1n) is 7.61. The maximum atomic E-state index is 2.54. The van der Waals surface area contributed by atoms with E-state index in [9.17, 15) is 0 Å². The summed E-state index contributed by atoms with van der Waals surface area (Å²) >= 11 is 0. The quantitative estimate of drug-likeness (QED) is 0.597. The Bertz CT molecular complexity index is 221. The molecule has 0 saturated carbocycles. The molecular weight excluding hydrogens is 242 g/mol. The molecule has 0 aromatic heterocycles. The van der Waals surface area contributed by atoms with Crippen LogP contribution in [-0.4, -0.2) is 35.0 Å². The third kappa shape index (κ3) is 3.45. The topological polar surface area (TPSA) is 0 Å². The Balaban J connectivity index is 1.84. The summed E-state index contributed by atoms with van der Waals surface area (Å²) in [6.07, 6.45) is 10.8. The van der Waals surface area contributed by atoms with E-state index >= 15 is 0 Å². The molecule has 0 bridgehead atoms. The van der Waals surface area contributed by atoms with Crippen molar-refractivity contribution in [2.75, 3.05) is 12.3 Å². The van der Waals surface area contributed by atoms with Crippen molar-refractivity contribution in [1.29, 1.82) is 0 Å². The maximum absolute atomic E-state index is 2.54. The van der Waals surface area contributed by atoms with Crippen LogP contribution in [0.15, 0.2) is 0 Å². The molecule has 2 fully saturated rings. The average Bonchev–Trinajstić information content (AvgIpc) is 2.59. The first-order chi connectivity index (χ1) is 8.09. The molecule has 100 valence electrons. The zero-order chi connectivity index (χ0) is 12.4. The molecule has 2 aliphatic heterocycles. The molecule has 0 N–H and O–H groups in total. The molecule has 0 amide bonds. The van der Waals surface area contributed by atoms with Crippen LogP contribution >= 0.6 is 15.8 Å². The molecule has 0 spiro atoms. The second-order valence-corrected chi connectivity index (χ2v) is 12.9. The van der Waals surface area contributed by atoms with Crippen LogP contribution in [0.25, 0.3) is 0 Å². The fourth-order valence-corrected chi connectivity index (χ4v) is 11.2. The van der Waals surface area contributed by atoms with E-state index in [0.29, 0.717) is 15.8 Å². The molecule has 2 heterocycles. The Labute approximate surface area is 111 Å². The van der Waals surface area contributed by atoms with Crippen LogP contribution in [0.3, 0.4) is 0 Å². The van der Waals surface area contributed by atoms with E-state index in [1.165, 1.54) is 32.1 Å². The minimum absolute atomic E-state index is 0.368. The minimum Gasteiger partial charge on any atom is -0.101 e. The summed E-state index contributed by atoms with van der Waals surface area (Å²) in [6, 6.07) is 0. The largest absolute Gasteiger partial charge is 0.101 e. The van der Waals surface area contributed by atoms with Crippen LogP contribution in [0.2, 0.25) is 0 Å². The highest BCUT2D eigenvalue weighted by molar-refractivity contribution is 7.63. The summed E-state index contributed by atoms with van der Waals surface area (Å²) in [4.78, 5) is 0. The van der Waals surface area contributed by atoms with Gasteiger partial charge in [0.15, 0.2) is 0 Å². The highest BCUT2D eigenvalue weighted by Gasteiger charge is 2.32. The molecule has 2 rings (SSSR count). The third-order valence-corrected chi connectivity index (χ3v) is 12.5. The van der Waals surface area contributed by atoms with Gasteiger partial charge in [-0.2, -0.15) is 0 Å². The standard InChI is InChI=1S/C15H30P2/c1-12-6-5-7-13(2)16(12)10-11-17-14(3)8-9-15(17)4/h12-15H,5-11H2,1-4H3/t12-,13-,14-,15+,17?/m0/s1. The highest BCUT2D eigenvalue weighted by atomic mass is 31.1. The fraction of sp³-hybridized carbons (Fsp3) is 1.00. The van der Waals surface area contributed by atoms with Gasteiger partial charge in [-0.25, -0.2) is 0 Å². The van der Waals surface area contributed by atoms with Crippen LogP contribution in [0.1, 0.15) is 59.8 Å². The maximum Gasteiger partial charge on any atom is -0.0235 e. The predicted molar refractivity (Wildman–Crippen MR) is 84.5 cm³/mol. The Kier molecular flexibility index (Phi) is 5.32. The van der Waals surface area contributed by atoms with Crippen molar-refractivity contribution in [3.05, 3.63) is 0 Å². The molecule has 0 nitrogen and oxygen atoms in total. The van der Waals surface area contributed by atoms with E-state index in [4.69, 9.17) is 0 Å². The van der Waals surface area contributed by atoms with E-state index < -0.39 is 0 Å². The normalized spacial score (nSPS) is 44.1. The van der Waals surface area contributed by atoms with Gasteiger partial charge in [0.05, 0.1) is 0 Å². The average molecular weight is 272 g/mol. The van der Waals surface area contributed by atoms with Crippen molar-refractivity contribution in [1.82, 2.24) is 0 Å². The van der Waals surface area contributed by atoms with Gasteiger partial charge in [-0.15, -0.1) is 15.8 Å². The van der Waals surface area contributed by atoms with Crippen molar-refractivity contribution in [2.24, 2.45) is 0 Å². The summed E-state index contributed by atoms with van der Waals surface area (Å²) in [5, 5.41) is 0. The SMILES string of the molecule is C[C@@H]1CC[C@H](C)P1CCP1[C@@H](C)CCC[C@@H]1C. The summed E-state index contributed by atoms with van der Waals surface area (Å²) in [5.74, 6) is 0. The zero-order valence-corrected chi connectivity index (χ0v) is 13.9. The van der Waals surface area contributed by atoms with Crippen LogP contribution in [0.5, 0.6) is 0 Å². The molecule has 17 heavy (non-hydrogen) atoms. The Morgan fingerprint density at radius 1 is 0.647 bits per heavy atom. The monoisotopic (exact) mass is 272 g/mol. The van der Waals surface area contributed by atoms with Gasteiger partial charge in [-0.1, -0.05) is 34.1 Å². The van der Waals surface area contributed by atoms with Crippen molar-refractivity contribution in [2.45, 2.75) is 82.4 Å². The van der Waals surface area contributed by atoms with Crippen LogP contribution in [0.4, 0.5) is 0 Å². The molecule has 2 heteroatoms. The Hall–Kier alpha value is 0.860. The lowest BCUT2D eigenvalue weighted by Crippen LogP contribution is -2.19. The van der Waals surface area contributed by atoms with E-state index in [1.807, 2.05) is 0 Å². The van der Waals surface area contributed by atoms with Gasteiger partial charge in [-0.3, -0.25) is 0 Å². The van der Waals surface area contributed by atoms with Gasteiger partial charge >= 0.3 is 0 Å². The van der Waals surface area contributed by atoms with Gasteiger partial charge in [0.2, 0.25) is 0 Å². The molecule has 5 atom stereocenters. The van der Waals surface area contributed by atoms with Gasteiger partial charge in [-0.05, 0) is 60.6 Å². The first-order valence-corrected chi connectivity index (χ1v) is 10.9. The molecule has 0 aromatic rings. The van der Waals surface area contributed by atoms with Crippen molar-refractivity contribution in [3.63, 3.8) is 0 Å². The summed E-state index contributed by atoms with van der Waals surface area (Å²) in [7, 11) is 0.753. The summed E-state index contributed by atoms with van der Waals surface area (Å²) in [5.41, 5.74) is 4.28. The number of hydrogen-bond donors (Lipinski definition) is 0. The molecule has 1 unspecified atom stereocenters. The Morgan fingerprint density at radius 3 is 1.41 bits per heavy atom. The second kappa shape index (κ2) is 6.34. The zero-order valence-electron chi connectivity index (χ0n) is 12.2. The van der Waals surface area contributed by atoms with E-state index in [-0.39, 0.29) is 0 Å². The van der Waals surface area contributed by atoms with Gasteiger partial charge in [0.1, 0.15) is 0 Å². The lowest BCUT2D eigenvalue weighted by molar-refractivity contribution is 0.624. The Morgan fingerprint density at radius 2 is 1.00 bits per heavy atom. The molecule has 2 saturated heterocycles. The number of rotatable bonds is 3. The van der Waals surface area contributed by atoms with E-state index in [0.717, 1.165) is 22.6 Å². The van der Waals surface area contributed by atoms with E-state index in [1.54, 1.807) is 12.3 Å². The van der Waals surface area contributed by atoms with Crippen LogP contribution in [-0.2, 0) is 0 Å². The van der Waals surface area contributed by atoms with Gasteiger partial charge < -0.3 is 0 Å². The van der Waals surface area contributed by atoms with E-state index in [2.05, 4.69) is 27.7 Å². The molecule has 0 aromatic carbocycles. The van der Waals surface area contributed by atoms with Crippen molar-refractivity contribution >= 4 is 15.8 Å². The molecule has 2 aliphatic rings. The predicted octanol–water partition coefficient (Wildman–Crippen LogP) is 5.48. The van der Waals surface area contributed by atoms with Crippen LogP contribution < -0.4 is 0 Å². The van der Waals surface area contributed by atoms with Crippen molar-refractivity contribution < 1.29 is 0 Å². The molecule has 0 radical (unpaired) electrons. The van der Waals surface area contributed by atoms with Crippen molar-refractivity contribution in [3.8, 4) is 0 Å². The lowest BCUT2D eigenvalue weighted by atomic mass is 10.1. The minimum atomic E-state index is 0.368. The van der Waals surface area contributed by atoms with Crippen LogP contribution in [0, 0.1) is 0 Å². The third-order valence-electron chi connectivity index (χ3n) is 5.13. The highest BCUT2D eigenvalue weighted by Crippen LogP contribution is 2.59. The lowest BCUT2D eigenvalue weighted by Gasteiger charge is -2.36. The van der Waals surface area contributed by atoms with Gasteiger partial charge in [0.25, 0.3) is 0 Å². The number of hydrogen-bond acceptors (Lipinski definition) is 0. The smallest absolute Gasteiger partial charge is 0.0235 e.